The first kappa shape index (κ1) is 22.7. The normalized spacial score (nSPS) is 25.9. The number of carbonyl (C=O) groups is 2. The Morgan fingerprint density at radius 2 is 1.72 bits per heavy atom. The number of ether oxygens (including phenoxy) is 3. The predicted octanol–water partition coefficient (Wildman–Crippen LogP) is 2.93. The van der Waals surface area contributed by atoms with E-state index in [0.717, 1.165) is 0 Å². The molecule has 2 heterocycles. The molecule has 0 aromatic heterocycles. The lowest BCUT2D eigenvalue weighted by molar-refractivity contribution is -0.188. The van der Waals surface area contributed by atoms with E-state index in [1.165, 1.54) is 18.2 Å². The van der Waals surface area contributed by atoms with Crippen molar-refractivity contribution in [1.82, 2.24) is 10.6 Å². The Bertz CT molecular complexity index is 1030. The van der Waals surface area contributed by atoms with E-state index in [1.54, 1.807) is 44.2 Å². The number of carbonyl (C=O) groups excluding carboxylic acids is 2. The van der Waals surface area contributed by atoms with Gasteiger partial charge in [-0.3, -0.25) is 9.59 Å². The molecule has 9 heteroatoms. The van der Waals surface area contributed by atoms with E-state index in [2.05, 4.69) is 10.6 Å². The average Bonchev–Trinajstić information content (AvgIpc) is 3.21. The van der Waals surface area contributed by atoms with Crippen molar-refractivity contribution in [2.75, 3.05) is 19.7 Å². The number of amides is 2. The van der Waals surface area contributed by atoms with E-state index < -0.39 is 35.3 Å². The van der Waals surface area contributed by atoms with Gasteiger partial charge in [0.2, 0.25) is 0 Å². The van der Waals surface area contributed by atoms with Gasteiger partial charge in [-0.25, -0.2) is 4.39 Å². The minimum absolute atomic E-state index is 0.0545. The molecule has 0 aliphatic carbocycles. The van der Waals surface area contributed by atoms with E-state index in [0.29, 0.717) is 10.6 Å². The maximum atomic E-state index is 13.9. The third-order valence-corrected chi connectivity index (χ3v) is 5.84. The van der Waals surface area contributed by atoms with Crippen LogP contribution in [-0.2, 0) is 14.2 Å². The molecular formula is C23H24ClFN2O5. The molecule has 2 amide bonds. The van der Waals surface area contributed by atoms with Crippen molar-refractivity contribution in [2.24, 2.45) is 0 Å². The monoisotopic (exact) mass is 462 g/mol. The van der Waals surface area contributed by atoms with E-state index in [-0.39, 0.29) is 31.2 Å². The van der Waals surface area contributed by atoms with Crippen molar-refractivity contribution < 1.29 is 28.2 Å². The van der Waals surface area contributed by atoms with E-state index in [4.69, 9.17) is 25.8 Å². The summed E-state index contributed by atoms with van der Waals surface area (Å²) in [6, 6.07) is 12.5. The maximum absolute atomic E-state index is 13.9. The lowest BCUT2D eigenvalue weighted by Crippen LogP contribution is -2.52. The fourth-order valence-corrected chi connectivity index (χ4v) is 4.33. The first-order valence-electron chi connectivity index (χ1n) is 10.3. The van der Waals surface area contributed by atoms with Gasteiger partial charge in [0, 0.05) is 6.54 Å². The van der Waals surface area contributed by atoms with Crippen LogP contribution in [0.5, 0.6) is 0 Å². The van der Waals surface area contributed by atoms with Gasteiger partial charge in [0.15, 0.2) is 5.79 Å². The summed E-state index contributed by atoms with van der Waals surface area (Å²) in [5.74, 6) is -2.41. The zero-order valence-corrected chi connectivity index (χ0v) is 18.4. The highest BCUT2D eigenvalue weighted by molar-refractivity contribution is 6.33. The predicted molar refractivity (Wildman–Crippen MR) is 115 cm³/mol. The van der Waals surface area contributed by atoms with Crippen molar-refractivity contribution in [2.45, 2.75) is 37.4 Å². The Balaban J connectivity index is 1.43. The molecular weight excluding hydrogens is 439 g/mol. The van der Waals surface area contributed by atoms with Crippen LogP contribution in [0.2, 0.25) is 5.02 Å². The molecule has 0 spiro atoms. The first-order valence-corrected chi connectivity index (χ1v) is 10.6. The number of benzene rings is 2. The second-order valence-corrected chi connectivity index (χ2v) is 8.71. The number of hydrogen-bond donors (Lipinski definition) is 2. The molecule has 0 radical (unpaired) electrons. The highest BCUT2D eigenvalue weighted by Crippen LogP contribution is 2.43. The largest absolute Gasteiger partial charge is 0.370 e. The standard InChI is InChI=1S/C23H24ClFN2O5/c1-22(2)31-19-18(11-26-20(28)14-7-3-5-9-16(14)24)30-13-23(19,32-22)12-27-21(29)15-8-4-6-10-17(15)25/h3-10,18-19H,11-13H2,1-2H3,(H,26,28)(H,27,29)/t18-,19-,23+/m1/s1. The van der Waals surface area contributed by atoms with Gasteiger partial charge >= 0.3 is 0 Å². The summed E-state index contributed by atoms with van der Waals surface area (Å²) >= 11 is 6.09. The van der Waals surface area contributed by atoms with Crippen LogP contribution in [0.3, 0.4) is 0 Å². The van der Waals surface area contributed by atoms with E-state index >= 15 is 0 Å². The number of nitrogens with one attached hydrogen (secondary N) is 2. The maximum Gasteiger partial charge on any atom is 0.254 e. The van der Waals surface area contributed by atoms with Crippen LogP contribution in [0, 0.1) is 5.82 Å². The SMILES string of the molecule is CC1(C)O[C@@H]2[C@@H](CNC(=O)c3ccccc3Cl)OC[C@]2(CNC(=O)c2ccccc2F)O1. The number of hydrogen-bond acceptors (Lipinski definition) is 5. The van der Waals surface area contributed by atoms with Crippen LogP contribution in [0.4, 0.5) is 4.39 Å². The smallest absolute Gasteiger partial charge is 0.254 e. The van der Waals surface area contributed by atoms with E-state index in [1.807, 2.05) is 0 Å². The summed E-state index contributed by atoms with van der Waals surface area (Å²) in [7, 11) is 0. The third kappa shape index (κ3) is 4.49. The van der Waals surface area contributed by atoms with Gasteiger partial charge in [0.05, 0.1) is 29.3 Å². The molecule has 0 bridgehead atoms. The Labute approximate surface area is 190 Å². The van der Waals surface area contributed by atoms with Crippen LogP contribution in [-0.4, -0.2) is 55.1 Å². The van der Waals surface area contributed by atoms with Crippen molar-refractivity contribution in [3.05, 3.63) is 70.5 Å². The fraction of sp³-hybridized carbons (Fsp3) is 0.391. The highest BCUT2D eigenvalue weighted by atomic mass is 35.5. The summed E-state index contributed by atoms with van der Waals surface area (Å²) in [6.45, 7) is 3.90. The van der Waals surface area contributed by atoms with Crippen molar-refractivity contribution in [3.8, 4) is 0 Å². The molecule has 3 atom stereocenters. The third-order valence-electron chi connectivity index (χ3n) is 5.51. The second kappa shape index (κ2) is 8.78. The molecule has 2 saturated heterocycles. The highest BCUT2D eigenvalue weighted by Gasteiger charge is 2.61. The molecule has 2 aliphatic heterocycles. The van der Waals surface area contributed by atoms with Gasteiger partial charge in [-0.2, -0.15) is 0 Å². The topological polar surface area (TPSA) is 85.9 Å². The van der Waals surface area contributed by atoms with E-state index in [9.17, 15) is 14.0 Å². The molecule has 0 unspecified atom stereocenters. The zero-order chi connectivity index (χ0) is 22.9. The molecule has 7 nitrogen and oxygen atoms in total. The molecule has 2 aromatic carbocycles. The Morgan fingerprint density at radius 1 is 1.06 bits per heavy atom. The number of halogens is 2. The number of rotatable bonds is 6. The Kier molecular flexibility index (Phi) is 6.22. The fourth-order valence-electron chi connectivity index (χ4n) is 4.10. The van der Waals surface area contributed by atoms with Gasteiger partial charge < -0.3 is 24.8 Å². The van der Waals surface area contributed by atoms with Crippen LogP contribution in [0.25, 0.3) is 0 Å². The summed E-state index contributed by atoms with van der Waals surface area (Å²) in [5.41, 5.74) is -0.662. The molecule has 170 valence electrons. The minimum Gasteiger partial charge on any atom is -0.370 e. The molecule has 2 aromatic rings. The van der Waals surface area contributed by atoms with Gasteiger partial charge in [-0.15, -0.1) is 0 Å². The Morgan fingerprint density at radius 3 is 2.44 bits per heavy atom. The molecule has 32 heavy (non-hydrogen) atoms. The second-order valence-electron chi connectivity index (χ2n) is 8.31. The molecule has 4 rings (SSSR count). The average molecular weight is 463 g/mol. The summed E-state index contributed by atoms with van der Waals surface area (Å²) < 4.78 is 32.0. The van der Waals surface area contributed by atoms with Gasteiger partial charge in [0.1, 0.15) is 23.6 Å². The van der Waals surface area contributed by atoms with Crippen LogP contribution in [0.1, 0.15) is 34.6 Å². The number of fused-ring (bicyclic) bond motifs is 1. The van der Waals surface area contributed by atoms with Crippen LogP contribution < -0.4 is 10.6 Å². The molecule has 2 aliphatic rings. The summed E-state index contributed by atoms with van der Waals surface area (Å²) in [6.07, 6.45) is -1.06. The Hall–Kier alpha value is -2.52. The lowest BCUT2D eigenvalue weighted by Gasteiger charge is -2.27. The molecule has 2 N–H and O–H groups in total. The van der Waals surface area contributed by atoms with Gasteiger partial charge in [-0.1, -0.05) is 35.9 Å². The molecule has 0 saturated carbocycles. The summed E-state index contributed by atoms with van der Waals surface area (Å²) in [4.78, 5) is 25.0. The van der Waals surface area contributed by atoms with Crippen molar-refractivity contribution in [3.63, 3.8) is 0 Å². The zero-order valence-electron chi connectivity index (χ0n) is 17.7. The van der Waals surface area contributed by atoms with Crippen molar-refractivity contribution in [1.29, 1.82) is 0 Å². The first-order chi connectivity index (χ1) is 15.2. The van der Waals surface area contributed by atoms with Gasteiger partial charge in [0.25, 0.3) is 11.8 Å². The van der Waals surface area contributed by atoms with Crippen LogP contribution >= 0.6 is 11.6 Å². The minimum atomic E-state index is -0.968. The molecule has 2 fully saturated rings. The van der Waals surface area contributed by atoms with Gasteiger partial charge in [-0.05, 0) is 38.1 Å². The quantitative estimate of drug-likeness (QED) is 0.689. The summed E-state index contributed by atoms with van der Waals surface area (Å²) in [5, 5.41) is 5.90. The van der Waals surface area contributed by atoms with Crippen molar-refractivity contribution >= 4 is 23.4 Å². The lowest BCUT2D eigenvalue weighted by atomic mass is 9.96. The van der Waals surface area contributed by atoms with Crippen LogP contribution in [0.15, 0.2) is 48.5 Å².